The Labute approximate surface area is 166 Å². The summed E-state index contributed by atoms with van der Waals surface area (Å²) in [6.45, 7) is 9.67. The van der Waals surface area contributed by atoms with E-state index in [4.69, 9.17) is 0 Å². The number of anilines is 3. The highest BCUT2D eigenvalue weighted by atomic mass is 19.4. The van der Waals surface area contributed by atoms with Crippen molar-refractivity contribution in [1.29, 1.82) is 0 Å². The Morgan fingerprint density at radius 3 is 2.52 bits per heavy atom. The number of rotatable bonds is 8. The number of likely N-dealkylation sites (N-methyl/N-ethyl adjacent to an activating group) is 1. The fraction of sp³-hybridized carbons (Fsp3) is 0.421. The first kappa shape index (κ1) is 20.8. The SMILES string of the molecule is CCN(CC)CCNc1cc(C)nc(Nc2nc3ccc(C(F)(F)F)cc3[nH]2)n1. The number of imidazole rings is 1. The quantitative estimate of drug-likeness (QED) is 0.520. The third-order valence-electron chi connectivity index (χ3n) is 4.52. The largest absolute Gasteiger partial charge is 0.416 e. The van der Waals surface area contributed by atoms with E-state index in [1.807, 2.05) is 13.0 Å². The minimum Gasteiger partial charge on any atom is -0.369 e. The lowest BCUT2D eigenvalue weighted by molar-refractivity contribution is -0.137. The van der Waals surface area contributed by atoms with Crippen LogP contribution in [0.5, 0.6) is 0 Å². The van der Waals surface area contributed by atoms with Gasteiger partial charge in [0.25, 0.3) is 0 Å². The van der Waals surface area contributed by atoms with Crippen LogP contribution in [0.3, 0.4) is 0 Å². The van der Waals surface area contributed by atoms with E-state index in [-0.39, 0.29) is 11.5 Å². The highest BCUT2D eigenvalue weighted by Gasteiger charge is 2.30. The second-order valence-electron chi connectivity index (χ2n) is 6.61. The molecular weight excluding hydrogens is 383 g/mol. The summed E-state index contributed by atoms with van der Waals surface area (Å²) in [5.41, 5.74) is 0.730. The van der Waals surface area contributed by atoms with E-state index in [9.17, 15) is 13.2 Å². The molecule has 0 aliphatic rings. The van der Waals surface area contributed by atoms with E-state index < -0.39 is 11.7 Å². The number of hydrogen-bond donors (Lipinski definition) is 3. The minimum atomic E-state index is -4.40. The maximum atomic E-state index is 12.9. The zero-order chi connectivity index (χ0) is 21.0. The summed E-state index contributed by atoms with van der Waals surface area (Å²) in [5.74, 6) is 1.26. The predicted octanol–water partition coefficient (Wildman–Crippen LogP) is 4.18. The Hall–Kier alpha value is -2.88. The highest BCUT2D eigenvalue weighted by Crippen LogP contribution is 2.31. The maximum Gasteiger partial charge on any atom is 0.416 e. The van der Waals surface area contributed by atoms with Gasteiger partial charge in [0.1, 0.15) is 5.82 Å². The number of fused-ring (bicyclic) bond motifs is 1. The Kier molecular flexibility index (Phi) is 6.21. The number of nitrogens with zero attached hydrogens (tertiary/aromatic N) is 4. The zero-order valence-corrected chi connectivity index (χ0v) is 16.6. The van der Waals surface area contributed by atoms with Crippen molar-refractivity contribution in [3.05, 3.63) is 35.5 Å². The summed E-state index contributed by atoms with van der Waals surface area (Å²) in [4.78, 5) is 18.1. The van der Waals surface area contributed by atoms with E-state index in [2.05, 4.69) is 49.3 Å². The second kappa shape index (κ2) is 8.64. The van der Waals surface area contributed by atoms with Crippen molar-refractivity contribution in [2.24, 2.45) is 0 Å². The van der Waals surface area contributed by atoms with Crippen molar-refractivity contribution in [2.45, 2.75) is 26.9 Å². The van der Waals surface area contributed by atoms with Crippen molar-refractivity contribution >= 4 is 28.7 Å². The number of alkyl halides is 3. The molecule has 0 saturated carbocycles. The molecule has 0 bridgehead atoms. The maximum absolute atomic E-state index is 12.9. The molecule has 3 rings (SSSR count). The van der Waals surface area contributed by atoms with E-state index in [1.165, 1.54) is 6.07 Å². The van der Waals surface area contributed by atoms with Crippen molar-refractivity contribution < 1.29 is 13.2 Å². The van der Waals surface area contributed by atoms with E-state index in [0.717, 1.165) is 44.0 Å². The Balaban J connectivity index is 1.73. The fourth-order valence-corrected chi connectivity index (χ4v) is 2.95. The molecule has 7 nitrogen and oxygen atoms in total. The third-order valence-corrected chi connectivity index (χ3v) is 4.52. The molecule has 29 heavy (non-hydrogen) atoms. The van der Waals surface area contributed by atoms with Gasteiger partial charge in [-0.25, -0.2) is 9.97 Å². The van der Waals surface area contributed by atoms with Crippen molar-refractivity contribution in [2.75, 3.05) is 36.8 Å². The summed E-state index contributed by atoms with van der Waals surface area (Å²) in [6, 6.07) is 5.21. The summed E-state index contributed by atoms with van der Waals surface area (Å²) in [5, 5.41) is 6.21. The van der Waals surface area contributed by atoms with Crippen LogP contribution in [0.2, 0.25) is 0 Å². The van der Waals surface area contributed by atoms with Gasteiger partial charge in [-0.15, -0.1) is 0 Å². The molecule has 2 aromatic heterocycles. The van der Waals surface area contributed by atoms with Gasteiger partial charge in [-0.05, 0) is 38.2 Å². The van der Waals surface area contributed by atoms with Gasteiger partial charge in [0, 0.05) is 24.8 Å². The Morgan fingerprint density at radius 1 is 1.07 bits per heavy atom. The monoisotopic (exact) mass is 407 g/mol. The van der Waals surface area contributed by atoms with Crippen LogP contribution in [-0.2, 0) is 6.18 Å². The molecule has 10 heteroatoms. The van der Waals surface area contributed by atoms with Gasteiger partial charge in [-0.3, -0.25) is 5.32 Å². The van der Waals surface area contributed by atoms with Crippen molar-refractivity contribution in [3.63, 3.8) is 0 Å². The molecule has 0 spiro atoms. The number of halogens is 3. The van der Waals surface area contributed by atoms with Gasteiger partial charge in [-0.2, -0.15) is 18.2 Å². The lowest BCUT2D eigenvalue weighted by Crippen LogP contribution is -2.28. The number of H-pyrrole nitrogens is 1. The molecule has 0 amide bonds. The van der Waals surface area contributed by atoms with Gasteiger partial charge in [0.15, 0.2) is 0 Å². The van der Waals surface area contributed by atoms with Crippen LogP contribution in [0.25, 0.3) is 11.0 Å². The van der Waals surface area contributed by atoms with Crippen LogP contribution < -0.4 is 10.6 Å². The van der Waals surface area contributed by atoms with Crippen LogP contribution in [0.4, 0.5) is 30.9 Å². The molecule has 0 aliphatic carbocycles. The van der Waals surface area contributed by atoms with Crippen molar-refractivity contribution in [1.82, 2.24) is 24.8 Å². The average molecular weight is 407 g/mol. The number of aromatic amines is 1. The molecule has 1 aromatic carbocycles. The van der Waals surface area contributed by atoms with E-state index in [0.29, 0.717) is 17.3 Å². The van der Waals surface area contributed by atoms with Crippen LogP contribution in [0.15, 0.2) is 24.3 Å². The first-order valence-corrected chi connectivity index (χ1v) is 9.44. The summed E-state index contributed by atoms with van der Waals surface area (Å²) in [7, 11) is 0. The molecule has 0 radical (unpaired) electrons. The average Bonchev–Trinajstić information content (AvgIpc) is 3.05. The second-order valence-corrected chi connectivity index (χ2v) is 6.61. The van der Waals surface area contributed by atoms with Gasteiger partial charge >= 0.3 is 6.18 Å². The van der Waals surface area contributed by atoms with Crippen LogP contribution in [-0.4, -0.2) is 51.0 Å². The lowest BCUT2D eigenvalue weighted by atomic mass is 10.2. The van der Waals surface area contributed by atoms with Gasteiger partial charge in [0.05, 0.1) is 16.6 Å². The molecule has 0 atom stereocenters. The summed E-state index contributed by atoms with van der Waals surface area (Å²) >= 11 is 0. The van der Waals surface area contributed by atoms with Gasteiger partial charge in [-0.1, -0.05) is 13.8 Å². The molecular formula is C19H24F3N7. The van der Waals surface area contributed by atoms with Crippen LogP contribution in [0.1, 0.15) is 25.1 Å². The number of hydrogen-bond acceptors (Lipinski definition) is 6. The molecule has 0 unspecified atom stereocenters. The molecule has 156 valence electrons. The van der Waals surface area contributed by atoms with E-state index >= 15 is 0 Å². The van der Waals surface area contributed by atoms with E-state index in [1.54, 1.807) is 0 Å². The Bertz CT molecular complexity index is 964. The number of benzene rings is 1. The summed E-state index contributed by atoms with van der Waals surface area (Å²) in [6.07, 6.45) is -4.40. The smallest absolute Gasteiger partial charge is 0.369 e. The number of aryl methyl sites for hydroxylation is 1. The fourth-order valence-electron chi connectivity index (χ4n) is 2.95. The molecule has 2 heterocycles. The standard InChI is InChI=1S/C19H24F3N7/c1-4-29(5-2)9-8-23-16-10-12(3)24-17(27-16)28-18-25-14-7-6-13(19(20,21)22)11-15(14)26-18/h6-7,10-11H,4-5,8-9H2,1-3H3,(H3,23,24,25,26,27,28). The summed E-state index contributed by atoms with van der Waals surface area (Å²) < 4.78 is 38.6. The molecule has 3 N–H and O–H groups in total. The molecule has 0 aliphatic heterocycles. The molecule has 0 saturated heterocycles. The van der Waals surface area contributed by atoms with Gasteiger partial charge < -0.3 is 15.2 Å². The molecule has 0 fully saturated rings. The lowest BCUT2D eigenvalue weighted by Gasteiger charge is -2.18. The number of aromatic nitrogens is 4. The topological polar surface area (TPSA) is 81.8 Å². The highest BCUT2D eigenvalue weighted by molar-refractivity contribution is 5.79. The third kappa shape index (κ3) is 5.35. The van der Waals surface area contributed by atoms with Crippen LogP contribution in [0, 0.1) is 6.92 Å². The normalized spacial score (nSPS) is 12.0. The zero-order valence-electron chi connectivity index (χ0n) is 16.6. The predicted molar refractivity (Wildman–Crippen MR) is 107 cm³/mol. The molecule has 3 aromatic rings. The minimum absolute atomic E-state index is 0.277. The van der Waals surface area contributed by atoms with Gasteiger partial charge in [0.2, 0.25) is 11.9 Å². The Morgan fingerprint density at radius 2 is 1.83 bits per heavy atom. The first-order valence-electron chi connectivity index (χ1n) is 9.44. The van der Waals surface area contributed by atoms with Crippen LogP contribution >= 0.6 is 0 Å². The number of nitrogens with one attached hydrogen (secondary N) is 3. The first-order chi connectivity index (χ1) is 13.8. The van der Waals surface area contributed by atoms with Crippen molar-refractivity contribution in [3.8, 4) is 0 Å².